The van der Waals surface area contributed by atoms with E-state index in [2.05, 4.69) is 17.1 Å². The first-order chi connectivity index (χ1) is 14.5. The maximum absolute atomic E-state index is 12.8. The van der Waals surface area contributed by atoms with E-state index < -0.39 is 0 Å². The van der Waals surface area contributed by atoms with Gasteiger partial charge < -0.3 is 19.9 Å². The van der Waals surface area contributed by atoms with Crippen LogP contribution in [-0.4, -0.2) is 66.6 Å². The molecule has 1 amide bonds. The smallest absolute Gasteiger partial charge is 0.254 e. The normalized spacial score (nSPS) is 25.2. The highest BCUT2D eigenvalue weighted by Gasteiger charge is 2.43. The fourth-order valence-electron chi connectivity index (χ4n) is 5.07. The number of morpholine rings is 1. The van der Waals surface area contributed by atoms with Gasteiger partial charge in [0.1, 0.15) is 0 Å². The summed E-state index contributed by atoms with van der Waals surface area (Å²) in [7, 11) is 0. The molecule has 31 heavy (non-hydrogen) atoms. The molecule has 2 heterocycles. The molecule has 7 heteroatoms. The molecule has 172 valence electrons. The number of rotatable bonds is 4. The van der Waals surface area contributed by atoms with Gasteiger partial charge in [-0.05, 0) is 63.1 Å². The molecule has 2 unspecified atom stereocenters. The summed E-state index contributed by atoms with van der Waals surface area (Å²) in [6, 6.07) is 7.93. The van der Waals surface area contributed by atoms with Crippen molar-refractivity contribution in [2.24, 2.45) is 10.4 Å². The number of hydrogen-bond donors (Lipinski definition) is 1. The van der Waals surface area contributed by atoms with Crippen molar-refractivity contribution in [3.8, 4) is 0 Å². The highest BCUT2D eigenvalue weighted by molar-refractivity contribution is 14.0. The van der Waals surface area contributed by atoms with Gasteiger partial charge in [-0.25, -0.2) is 4.99 Å². The number of carbonyl (C=O) groups is 1. The number of ether oxygens (including phenoxy) is 1. The minimum Gasteiger partial charge on any atom is -0.372 e. The fourth-order valence-corrected chi connectivity index (χ4v) is 5.07. The van der Waals surface area contributed by atoms with Gasteiger partial charge in [0.05, 0.1) is 18.8 Å². The first-order valence-electron chi connectivity index (χ1n) is 11.5. The number of amides is 1. The Morgan fingerprint density at radius 3 is 2.35 bits per heavy atom. The van der Waals surface area contributed by atoms with E-state index >= 15 is 0 Å². The Kier molecular flexibility index (Phi) is 8.24. The van der Waals surface area contributed by atoms with Crippen molar-refractivity contribution < 1.29 is 9.53 Å². The number of halogens is 1. The average Bonchev–Trinajstić information content (AvgIpc) is 3.16. The van der Waals surface area contributed by atoms with Crippen LogP contribution in [0.1, 0.15) is 62.4 Å². The largest absolute Gasteiger partial charge is 0.372 e. The van der Waals surface area contributed by atoms with Gasteiger partial charge in [-0.2, -0.15) is 0 Å². The van der Waals surface area contributed by atoms with Crippen LogP contribution in [0.2, 0.25) is 0 Å². The van der Waals surface area contributed by atoms with E-state index in [9.17, 15) is 4.79 Å². The number of likely N-dealkylation sites (tertiary alicyclic amines) is 1. The summed E-state index contributed by atoms with van der Waals surface area (Å²) in [5, 5.41) is 3.46. The summed E-state index contributed by atoms with van der Waals surface area (Å²) in [6.45, 7) is 11.2. The third-order valence-corrected chi connectivity index (χ3v) is 6.81. The Bertz CT molecular complexity index is 768. The van der Waals surface area contributed by atoms with Crippen LogP contribution in [0.15, 0.2) is 29.3 Å². The molecule has 3 aliphatic rings. The number of nitrogens with one attached hydrogen (secondary N) is 1. The van der Waals surface area contributed by atoms with Crippen LogP contribution in [0.25, 0.3) is 0 Å². The summed E-state index contributed by atoms with van der Waals surface area (Å²) in [4.78, 5) is 22.1. The van der Waals surface area contributed by atoms with Crippen molar-refractivity contribution in [3.05, 3.63) is 35.4 Å². The summed E-state index contributed by atoms with van der Waals surface area (Å²) < 4.78 is 5.74. The van der Waals surface area contributed by atoms with Crippen molar-refractivity contribution in [1.29, 1.82) is 0 Å². The number of aliphatic imine (C=N–C) groups is 1. The molecule has 0 bridgehead atoms. The lowest BCUT2D eigenvalue weighted by Crippen LogP contribution is -2.48. The molecule has 3 fully saturated rings. The van der Waals surface area contributed by atoms with Crippen molar-refractivity contribution >= 4 is 35.8 Å². The maximum atomic E-state index is 12.8. The van der Waals surface area contributed by atoms with Gasteiger partial charge in [-0.1, -0.05) is 18.6 Å². The molecule has 2 saturated heterocycles. The van der Waals surface area contributed by atoms with Gasteiger partial charge in [0, 0.05) is 38.3 Å². The second kappa shape index (κ2) is 10.5. The minimum atomic E-state index is 0. The zero-order valence-corrected chi connectivity index (χ0v) is 21.4. The molecule has 6 nitrogen and oxygen atoms in total. The monoisotopic (exact) mass is 540 g/mol. The Morgan fingerprint density at radius 1 is 1.13 bits per heavy atom. The third-order valence-electron chi connectivity index (χ3n) is 6.81. The standard InChI is InChI=1S/C24H36N4O2.HI/c1-4-25-23(27-13-12-24(17-27)10-5-11-24)26-14-20-6-8-21(9-7-20)22(29)28-15-18(2)30-19(3)16-28;/h6-9,18-19H,4-5,10-17H2,1-3H3,(H,25,26);1H. The lowest BCUT2D eigenvalue weighted by Gasteiger charge is -2.38. The minimum absolute atomic E-state index is 0. The van der Waals surface area contributed by atoms with Gasteiger partial charge in [0.15, 0.2) is 5.96 Å². The number of guanidine groups is 1. The number of nitrogens with zero attached hydrogens (tertiary/aromatic N) is 3. The van der Waals surface area contributed by atoms with E-state index in [-0.39, 0.29) is 42.1 Å². The third kappa shape index (κ3) is 5.72. The van der Waals surface area contributed by atoms with Gasteiger partial charge >= 0.3 is 0 Å². The van der Waals surface area contributed by atoms with E-state index in [4.69, 9.17) is 9.73 Å². The van der Waals surface area contributed by atoms with Crippen LogP contribution in [0, 0.1) is 5.41 Å². The number of benzene rings is 1. The van der Waals surface area contributed by atoms with Crippen molar-refractivity contribution in [2.45, 2.75) is 65.2 Å². The van der Waals surface area contributed by atoms with Gasteiger partial charge in [0.2, 0.25) is 0 Å². The molecule has 1 saturated carbocycles. The van der Waals surface area contributed by atoms with Crippen LogP contribution in [0.5, 0.6) is 0 Å². The SMILES string of the molecule is CCNC(=NCc1ccc(C(=O)N2CC(C)OC(C)C2)cc1)N1CCC2(CCC2)C1.I. The molecule has 1 N–H and O–H groups in total. The second-order valence-electron chi connectivity index (χ2n) is 9.36. The van der Waals surface area contributed by atoms with E-state index in [1.165, 1.54) is 25.7 Å². The highest BCUT2D eigenvalue weighted by Crippen LogP contribution is 2.47. The second-order valence-corrected chi connectivity index (χ2v) is 9.36. The molecule has 2 atom stereocenters. The van der Waals surface area contributed by atoms with Crippen molar-refractivity contribution in [2.75, 3.05) is 32.7 Å². The molecule has 4 rings (SSSR count). The molecule has 2 aliphatic heterocycles. The van der Waals surface area contributed by atoms with Gasteiger partial charge in [0.25, 0.3) is 5.91 Å². The number of carbonyl (C=O) groups excluding carboxylic acids is 1. The predicted molar refractivity (Wildman–Crippen MR) is 135 cm³/mol. The molecule has 0 radical (unpaired) electrons. The van der Waals surface area contributed by atoms with E-state index in [0.29, 0.717) is 25.0 Å². The maximum Gasteiger partial charge on any atom is 0.254 e. The van der Waals surface area contributed by atoms with E-state index in [1.54, 1.807) is 0 Å². The summed E-state index contributed by atoms with van der Waals surface area (Å²) >= 11 is 0. The van der Waals surface area contributed by atoms with Crippen molar-refractivity contribution in [1.82, 2.24) is 15.1 Å². The van der Waals surface area contributed by atoms with Gasteiger partial charge in [-0.3, -0.25) is 4.79 Å². The van der Waals surface area contributed by atoms with Crippen LogP contribution < -0.4 is 5.32 Å². The zero-order chi connectivity index (χ0) is 21.1. The molecule has 1 aliphatic carbocycles. The molecular weight excluding hydrogens is 503 g/mol. The fraction of sp³-hybridized carbons (Fsp3) is 0.667. The molecule has 1 spiro atoms. The molecule has 1 aromatic carbocycles. The lowest BCUT2D eigenvalue weighted by molar-refractivity contribution is -0.0586. The Balaban J connectivity index is 0.00000272. The quantitative estimate of drug-likeness (QED) is 0.358. The van der Waals surface area contributed by atoms with Crippen LogP contribution in [0.4, 0.5) is 0 Å². The van der Waals surface area contributed by atoms with E-state index in [0.717, 1.165) is 36.7 Å². The van der Waals surface area contributed by atoms with Crippen LogP contribution >= 0.6 is 24.0 Å². The van der Waals surface area contributed by atoms with Gasteiger partial charge in [-0.15, -0.1) is 24.0 Å². The first-order valence-corrected chi connectivity index (χ1v) is 11.5. The summed E-state index contributed by atoms with van der Waals surface area (Å²) in [6.07, 6.45) is 5.60. The van der Waals surface area contributed by atoms with Crippen LogP contribution in [0.3, 0.4) is 0 Å². The average molecular weight is 540 g/mol. The zero-order valence-electron chi connectivity index (χ0n) is 19.1. The number of hydrogen-bond acceptors (Lipinski definition) is 3. The Morgan fingerprint density at radius 2 is 1.81 bits per heavy atom. The molecule has 1 aromatic rings. The first kappa shape index (κ1) is 24.3. The lowest BCUT2D eigenvalue weighted by atomic mass is 9.68. The van der Waals surface area contributed by atoms with E-state index in [1.807, 2.05) is 43.0 Å². The Hall–Kier alpha value is -1.35. The highest BCUT2D eigenvalue weighted by atomic mass is 127. The predicted octanol–water partition coefficient (Wildman–Crippen LogP) is 3.90. The summed E-state index contributed by atoms with van der Waals surface area (Å²) in [5.74, 6) is 1.11. The van der Waals surface area contributed by atoms with Crippen molar-refractivity contribution in [3.63, 3.8) is 0 Å². The molecule has 0 aromatic heterocycles. The Labute approximate surface area is 203 Å². The molecular formula is C24H37IN4O2. The summed E-state index contributed by atoms with van der Waals surface area (Å²) in [5.41, 5.74) is 2.43. The topological polar surface area (TPSA) is 57.2 Å². The van der Waals surface area contributed by atoms with Crippen LogP contribution in [-0.2, 0) is 11.3 Å².